The molecule has 0 saturated carbocycles. The first-order valence-electron chi connectivity index (χ1n) is 12.6. The van der Waals surface area contributed by atoms with Crippen molar-refractivity contribution >= 4 is 17.6 Å². The number of anilines is 1. The number of amides is 2. The molecule has 1 aliphatic rings. The van der Waals surface area contributed by atoms with Crippen molar-refractivity contribution in [3.63, 3.8) is 0 Å². The van der Waals surface area contributed by atoms with E-state index >= 15 is 0 Å². The van der Waals surface area contributed by atoms with Crippen molar-refractivity contribution in [1.29, 1.82) is 0 Å². The minimum atomic E-state index is -0.371. The van der Waals surface area contributed by atoms with Crippen LogP contribution in [-0.4, -0.2) is 28.1 Å². The van der Waals surface area contributed by atoms with Crippen LogP contribution in [0.3, 0.4) is 0 Å². The number of hydrogen-bond donors (Lipinski definition) is 2. The molecule has 1 aliphatic heterocycles. The number of benzene rings is 2. The van der Waals surface area contributed by atoms with E-state index in [4.69, 9.17) is 5.10 Å². The van der Waals surface area contributed by atoms with Gasteiger partial charge in [0, 0.05) is 24.6 Å². The van der Waals surface area contributed by atoms with E-state index in [1.54, 1.807) is 0 Å². The van der Waals surface area contributed by atoms with Gasteiger partial charge in [0.2, 0.25) is 11.8 Å². The summed E-state index contributed by atoms with van der Waals surface area (Å²) in [5, 5.41) is 10.5. The van der Waals surface area contributed by atoms with E-state index in [2.05, 4.69) is 86.9 Å². The molecule has 0 radical (unpaired) electrons. The van der Waals surface area contributed by atoms with Crippen LogP contribution < -0.4 is 10.6 Å². The first kappa shape index (κ1) is 24.7. The van der Waals surface area contributed by atoms with E-state index in [-0.39, 0.29) is 29.6 Å². The minimum Gasteiger partial charge on any atom is -0.355 e. The Kier molecular flexibility index (Phi) is 7.39. The van der Waals surface area contributed by atoms with Crippen LogP contribution in [-0.2, 0) is 22.4 Å². The number of aryl methyl sites for hydroxylation is 2. The number of nitrogens with one attached hydrogen (secondary N) is 2. The van der Waals surface area contributed by atoms with Gasteiger partial charge in [-0.3, -0.25) is 9.59 Å². The van der Waals surface area contributed by atoms with E-state index in [1.165, 1.54) is 11.1 Å². The molecule has 6 heteroatoms. The Morgan fingerprint density at radius 3 is 2.51 bits per heavy atom. The maximum atomic E-state index is 12.8. The third-order valence-electron chi connectivity index (χ3n) is 6.39. The van der Waals surface area contributed by atoms with Crippen LogP contribution in [0, 0.1) is 11.3 Å². The summed E-state index contributed by atoms with van der Waals surface area (Å²) in [5.74, 6) is -0.149. The molecule has 1 fully saturated rings. The third-order valence-corrected chi connectivity index (χ3v) is 6.39. The van der Waals surface area contributed by atoms with Crippen molar-refractivity contribution < 1.29 is 9.59 Å². The Bertz CT molecular complexity index is 1210. The smallest absolute Gasteiger partial charge is 0.230 e. The van der Waals surface area contributed by atoms with Gasteiger partial charge in [-0.25, -0.2) is 4.68 Å². The molecule has 6 nitrogen and oxygen atoms in total. The highest BCUT2D eigenvalue weighted by molar-refractivity contribution is 5.97. The Morgan fingerprint density at radius 1 is 1.09 bits per heavy atom. The molecular weight excluding hydrogens is 436 g/mol. The Labute approximate surface area is 208 Å². The zero-order valence-corrected chi connectivity index (χ0v) is 21.2. The lowest BCUT2D eigenvalue weighted by Crippen LogP contribution is -2.24. The molecule has 1 atom stereocenters. The Hall–Kier alpha value is -3.41. The van der Waals surface area contributed by atoms with Gasteiger partial charge in [-0.05, 0) is 54.0 Å². The molecule has 0 unspecified atom stereocenters. The number of nitrogens with zero attached hydrogens (tertiary/aromatic N) is 2. The lowest BCUT2D eigenvalue weighted by Gasteiger charge is -2.18. The standard InChI is InChI=1S/C29H36N4O2/c1-5-8-20-9-6-11-22(15-20)25-18-26(31-28(35)23-17-27(34)30-19-23)32-33(25)24-12-7-10-21(16-24)13-14-29(2,3)4/h6-7,9-12,15-16,18,23H,5,8,13-14,17,19H2,1-4H3,(H,30,34)(H,31,32,35)/t23-/m0/s1. The molecule has 2 aromatic carbocycles. The fourth-order valence-electron chi connectivity index (χ4n) is 4.40. The molecule has 35 heavy (non-hydrogen) atoms. The summed E-state index contributed by atoms with van der Waals surface area (Å²) in [7, 11) is 0. The monoisotopic (exact) mass is 472 g/mol. The highest BCUT2D eigenvalue weighted by Gasteiger charge is 2.28. The highest BCUT2D eigenvalue weighted by Crippen LogP contribution is 2.29. The van der Waals surface area contributed by atoms with Crippen molar-refractivity contribution in [1.82, 2.24) is 15.1 Å². The van der Waals surface area contributed by atoms with Crippen molar-refractivity contribution in [2.45, 2.75) is 59.8 Å². The summed E-state index contributed by atoms with van der Waals surface area (Å²) in [5.41, 5.74) is 5.75. The average molecular weight is 473 g/mol. The second-order valence-corrected chi connectivity index (χ2v) is 10.7. The molecule has 2 heterocycles. The Morgan fingerprint density at radius 2 is 1.83 bits per heavy atom. The first-order chi connectivity index (χ1) is 16.7. The second kappa shape index (κ2) is 10.5. The van der Waals surface area contributed by atoms with Gasteiger partial charge in [0.25, 0.3) is 0 Å². The van der Waals surface area contributed by atoms with Gasteiger partial charge in [-0.2, -0.15) is 0 Å². The normalized spacial score (nSPS) is 15.8. The lowest BCUT2D eigenvalue weighted by atomic mass is 9.88. The van der Waals surface area contributed by atoms with Crippen LogP contribution >= 0.6 is 0 Å². The van der Waals surface area contributed by atoms with Crippen LogP contribution in [0.2, 0.25) is 0 Å². The van der Waals surface area contributed by atoms with E-state index in [9.17, 15) is 9.59 Å². The molecule has 1 saturated heterocycles. The molecule has 0 aliphatic carbocycles. The summed E-state index contributed by atoms with van der Waals surface area (Å²) in [6.45, 7) is 9.32. The topological polar surface area (TPSA) is 76.0 Å². The molecule has 2 amide bonds. The SMILES string of the molecule is CCCc1cccc(-c2cc(NC(=O)[C@@H]3CNC(=O)C3)nn2-c2cccc(CCC(C)(C)C)c2)c1. The molecule has 0 bridgehead atoms. The summed E-state index contributed by atoms with van der Waals surface area (Å²) < 4.78 is 1.92. The van der Waals surface area contributed by atoms with Crippen LogP contribution in [0.15, 0.2) is 54.6 Å². The van der Waals surface area contributed by atoms with Crippen molar-refractivity contribution in [3.8, 4) is 16.9 Å². The van der Waals surface area contributed by atoms with Crippen molar-refractivity contribution in [2.75, 3.05) is 11.9 Å². The quantitative estimate of drug-likeness (QED) is 0.452. The number of carbonyl (C=O) groups is 2. The second-order valence-electron chi connectivity index (χ2n) is 10.7. The fraction of sp³-hybridized carbons (Fsp3) is 0.414. The van der Waals surface area contributed by atoms with Crippen LogP contribution in [0.25, 0.3) is 16.9 Å². The van der Waals surface area contributed by atoms with Gasteiger partial charge in [-0.1, -0.05) is 64.4 Å². The summed E-state index contributed by atoms with van der Waals surface area (Å²) in [4.78, 5) is 24.3. The van der Waals surface area contributed by atoms with E-state index in [1.807, 2.05) is 10.7 Å². The molecular formula is C29H36N4O2. The first-order valence-corrected chi connectivity index (χ1v) is 12.6. The number of aromatic nitrogens is 2. The van der Waals surface area contributed by atoms with E-state index in [0.29, 0.717) is 12.4 Å². The summed E-state index contributed by atoms with van der Waals surface area (Å²) in [6, 6.07) is 18.9. The molecule has 1 aromatic heterocycles. The lowest BCUT2D eigenvalue weighted by molar-refractivity contribution is -0.123. The number of carbonyl (C=O) groups excluding carboxylic acids is 2. The van der Waals surface area contributed by atoms with Gasteiger partial charge in [-0.15, -0.1) is 5.10 Å². The molecule has 3 aromatic rings. The fourth-order valence-corrected chi connectivity index (χ4v) is 4.40. The predicted molar refractivity (Wildman–Crippen MR) is 141 cm³/mol. The van der Waals surface area contributed by atoms with Gasteiger partial charge >= 0.3 is 0 Å². The number of hydrogen-bond acceptors (Lipinski definition) is 3. The minimum absolute atomic E-state index is 0.0869. The maximum absolute atomic E-state index is 12.8. The molecule has 4 rings (SSSR count). The zero-order valence-electron chi connectivity index (χ0n) is 21.2. The molecule has 2 N–H and O–H groups in total. The largest absolute Gasteiger partial charge is 0.355 e. The van der Waals surface area contributed by atoms with E-state index in [0.717, 1.165) is 42.6 Å². The van der Waals surface area contributed by atoms with Crippen LogP contribution in [0.4, 0.5) is 5.82 Å². The maximum Gasteiger partial charge on any atom is 0.230 e. The van der Waals surface area contributed by atoms with Gasteiger partial charge < -0.3 is 10.6 Å². The van der Waals surface area contributed by atoms with Gasteiger partial charge in [0.05, 0.1) is 17.3 Å². The van der Waals surface area contributed by atoms with E-state index < -0.39 is 0 Å². The third kappa shape index (κ3) is 6.38. The highest BCUT2D eigenvalue weighted by atomic mass is 16.2. The predicted octanol–water partition coefficient (Wildman–Crippen LogP) is 5.55. The zero-order chi connectivity index (χ0) is 25.0. The van der Waals surface area contributed by atoms with Gasteiger partial charge in [0.1, 0.15) is 0 Å². The van der Waals surface area contributed by atoms with Crippen LogP contribution in [0.1, 0.15) is 58.1 Å². The summed E-state index contributed by atoms with van der Waals surface area (Å²) >= 11 is 0. The van der Waals surface area contributed by atoms with Crippen molar-refractivity contribution in [3.05, 3.63) is 65.7 Å². The van der Waals surface area contributed by atoms with Crippen LogP contribution in [0.5, 0.6) is 0 Å². The molecule has 184 valence electrons. The summed E-state index contributed by atoms with van der Waals surface area (Å²) in [6.07, 6.45) is 4.39. The average Bonchev–Trinajstić information content (AvgIpc) is 3.44. The number of rotatable bonds is 8. The Balaban J connectivity index is 1.69. The van der Waals surface area contributed by atoms with Gasteiger partial charge in [0.15, 0.2) is 5.82 Å². The van der Waals surface area contributed by atoms with Crippen molar-refractivity contribution in [2.24, 2.45) is 11.3 Å². The molecule has 0 spiro atoms.